The highest BCUT2D eigenvalue weighted by Crippen LogP contribution is 2.34. The third-order valence-electron chi connectivity index (χ3n) is 6.54. The first-order valence-electron chi connectivity index (χ1n) is 13.2. The minimum absolute atomic E-state index is 0.0704. The largest absolute Gasteiger partial charge is 0.497 e. The molecule has 2 aromatic carbocycles. The highest BCUT2D eigenvalue weighted by atomic mass is 16.5. The molecule has 8 heteroatoms. The first kappa shape index (κ1) is 29.4. The first-order chi connectivity index (χ1) is 19.4. The lowest BCUT2D eigenvalue weighted by atomic mass is 10.1. The summed E-state index contributed by atoms with van der Waals surface area (Å²) in [5, 5.41) is 29.0. The van der Waals surface area contributed by atoms with E-state index in [1.54, 1.807) is 30.3 Å². The molecule has 0 N–H and O–H groups in total. The Bertz CT molecular complexity index is 1440. The summed E-state index contributed by atoms with van der Waals surface area (Å²) in [7, 11) is 1.48. The van der Waals surface area contributed by atoms with E-state index in [0.717, 1.165) is 54.9 Å². The normalized spacial score (nSPS) is 12.8. The number of nitrogens with zero attached hydrogens (tertiary/aromatic N) is 5. The van der Waals surface area contributed by atoms with Gasteiger partial charge in [0, 0.05) is 24.3 Å². The second-order valence-corrected chi connectivity index (χ2v) is 9.14. The molecule has 0 bridgehead atoms. The second kappa shape index (κ2) is 14.1. The van der Waals surface area contributed by atoms with Crippen LogP contribution in [-0.4, -0.2) is 36.9 Å². The van der Waals surface area contributed by atoms with E-state index in [2.05, 4.69) is 18.7 Å². The van der Waals surface area contributed by atoms with E-state index >= 15 is 0 Å². The number of hydrogen-bond acceptors (Lipinski definition) is 7. The number of carbonyl (C=O) groups excluding carboxylic acids is 2. The van der Waals surface area contributed by atoms with Crippen LogP contribution in [0.2, 0.25) is 0 Å². The summed E-state index contributed by atoms with van der Waals surface area (Å²) in [6, 6.07) is 19.3. The molecule has 0 aromatic heterocycles. The van der Waals surface area contributed by atoms with Gasteiger partial charge in [-0.3, -0.25) is 9.59 Å². The predicted molar refractivity (Wildman–Crippen MR) is 153 cm³/mol. The molecule has 2 aromatic rings. The molecule has 0 saturated carbocycles. The summed E-state index contributed by atoms with van der Waals surface area (Å²) in [6.07, 6.45) is 7.56. The smallest absolute Gasteiger partial charge is 0.266 e. The maximum Gasteiger partial charge on any atom is 0.266 e. The Morgan fingerprint density at radius 1 is 0.925 bits per heavy atom. The Morgan fingerprint density at radius 3 is 2.02 bits per heavy atom. The van der Waals surface area contributed by atoms with Crippen LogP contribution in [0.1, 0.15) is 55.5 Å². The quantitative estimate of drug-likeness (QED) is 0.260. The van der Waals surface area contributed by atoms with E-state index in [9.17, 15) is 25.4 Å². The number of carbonyl (C=O) groups is 2. The van der Waals surface area contributed by atoms with Crippen molar-refractivity contribution in [2.24, 2.45) is 0 Å². The zero-order valence-electron chi connectivity index (χ0n) is 23.0. The lowest BCUT2D eigenvalue weighted by Gasteiger charge is -2.24. The molecule has 8 nitrogen and oxygen atoms in total. The Morgan fingerprint density at radius 2 is 1.52 bits per heavy atom. The summed E-state index contributed by atoms with van der Waals surface area (Å²) in [5.41, 5.74) is 0.952. The molecular formula is C32H31N5O3. The van der Waals surface area contributed by atoms with Crippen LogP contribution in [0.15, 0.2) is 77.0 Å². The highest BCUT2D eigenvalue weighted by Gasteiger charge is 2.41. The Kier molecular flexibility index (Phi) is 10.4. The Hall–Kier alpha value is -5.13. The number of allylic oxidation sites excluding steroid dienone is 2. The van der Waals surface area contributed by atoms with Crippen LogP contribution in [0, 0.1) is 34.0 Å². The number of benzene rings is 2. The number of methoxy groups -OCH3 is 1. The molecule has 0 unspecified atom stereocenters. The summed E-state index contributed by atoms with van der Waals surface area (Å²) in [6.45, 7) is 6.30. The fraction of sp³-hybridized carbons (Fsp3) is 0.281. The predicted octanol–water partition coefficient (Wildman–Crippen LogP) is 5.92. The SMILES string of the molecule is CCCCN(CCCC)c1ccc(/C=C/C2=C(C#N)C(=C(C#N)C#N)N(C(=O)c3ccc(OC)cc3)C2=O)cc1. The van der Waals surface area contributed by atoms with Crippen LogP contribution < -0.4 is 9.64 Å². The number of ether oxygens (including phenoxy) is 1. The van der Waals surface area contributed by atoms with Crippen molar-refractivity contribution >= 4 is 23.6 Å². The lowest BCUT2D eigenvalue weighted by molar-refractivity contribution is -0.121. The van der Waals surface area contributed by atoms with Gasteiger partial charge in [-0.25, -0.2) is 4.90 Å². The summed E-state index contributed by atoms with van der Waals surface area (Å²) in [4.78, 5) is 30.0. The van der Waals surface area contributed by atoms with E-state index in [4.69, 9.17) is 4.74 Å². The first-order valence-corrected chi connectivity index (χ1v) is 13.2. The number of hydrogen-bond donors (Lipinski definition) is 0. The number of amides is 2. The average Bonchev–Trinajstić information content (AvgIpc) is 3.27. The molecule has 40 heavy (non-hydrogen) atoms. The molecule has 0 aliphatic carbocycles. The topological polar surface area (TPSA) is 121 Å². The molecule has 0 fully saturated rings. The van der Waals surface area contributed by atoms with E-state index in [1.165, 1.54) is 25.3 Å². The van der Waals surface area contributed by atoms with Gasteiger partial charge in [0.1, 0.15) is 24.0 Å². The van der Waals surface area contributed by atoms with Crippen molar-refractivity contribution < 1.29 is 14.3 Å². The zero-order valence-corrected chi connectivity index (χ0v) is 23.0. The van der Waals surface area contributed by atoms with Crippen LogP contribution in [0.3, 0.4) is 0 Å². The zero-order chi connectivity index (χ0) is 29.1. The minimum atomic E-state index is -0.784. The van der Waals surface area contributed by atoms with Crippen molar-refractivity contribution in [3.05, 3.63) is 88.2 Å². The fourth-order valence-electron chi connectivity index (χ4n) is 4.30. The maximum atomic E-state index is 13.5. The third kappa shape index (κ3) is 6.46. The van der Waals surface area contributed by atoms with Gasteiger partial charge in [-0.2, -0.15) is 15.8 Å². The highest BCUT2D eigenvalue weighted by molar-refractivity contribution is 6.17. The summed E-state index contributed by atoms with van der Waals surface area (Å²) < 4.78 is 5.12. The van der Waals surface area contributed by atoms with Crippen molar-refractivity contribution in [1.29, 1.82) is 15.8 Å². The number of rotatable bonds is 11. The van der Waals surface area contributed by atoms with Crippen molar-refractivity contribution in [3.63, 3.8) is 0 Å². The Labute approximate surface area is 235 Å². The summed E-state index contributed by atoms with van der Waals surface area (Å²) >= 11 is 0. The van der Waals surface area contributed by atoms with Crippen LogP contribution >= 0.6 is 0 Å². The standard InChI is InChI=1S/C32H31N5O3/c1-4-6-18-36(19-7-5-2)26-13-8-23(9-14-26)10-17-28-29(22-35)30(25(20-33)21-34)37(32(28)39)31(38)24-11-15-27(40-3)16-12-24/h8-17H,4-7,18-19H2,1-3H3/b17-10+. The third-order valence-corrected chi connectivity index (χ3v) is 6.54. The molecule has 0 spiro atoms. The van der Waals surface area contributed by atoms with Crippen LogP contribution in [0.5, 0.6) is 5.75 Å². The minimum Gasteiger partial charge on any atom is -0.497 e. The van der Waals surface area contributed by atoms with Crippen LogP contribution in [-0.2, 0) is 4.79 Å². The molecule has 3 rings (SSSR count). The van der Waals surface area contributed by atoms with E-state index in [0.29, 0.717) is 5.75 Å². The van der Waals surface area contributed by atoms with E-state index in [1.807, 2.05) is 30.3 Å². The molecular weight excluding hydrogens is 502 g/mol. The maximum absolute atomic E-state index is 13.5. The van der Waals surface area contributed by atoms with Crippen LogP contribution in [0.4, 0.5) is 5.69 Å². The molecule has 0 saturated heterocycles. The average molecular weight is 534 g/mol. The monoisotopic (exact) mass is 533 g/mol. The van der Waals surface area contributed by atoms with Gasteiger partial charge in [0.2, 0.25) is 0 Å². The van der Waals surface area contributed by atoms with E-state index < -0.39 is 17.4 Å². The molecule has 2 amide bonds. The summed E-state index contributed by atoms with van der Waals surface area (Å²) in [5.74, 6) is -1.03. The molecule has 1 heterocycles. The van der Waals surface area contributed by atoms with Gasteiger partial charge in [-0.05, 0) is 60.9 Å². The molecule has 0 radical (unpaired) electrons. The number of unbranched alkanes of at least 4 members (excludes halogenated alkanes) is 2. The van der Waals surface area contributed by atoms with Gasteiger partial charge < -0.3 is 9.64 Å². The van der Waals surface area contributed by atoms with Gasteiger partial charge in [0.15, 0.2) is 5.57 Å². The van der Waals surface area contributed by atoms with Crippen molar-refractivity contribution in [3.8, 4) is 24.0 Å². The van der Waals surface area contributed by atoms with Crippen LogP contribution in [0.25, 0.3) is 6.08 Å². The van der Waals surface area contributed by atoms with Gasteiger partial charge in [-0.15, -0.1) is 0 Å². The molecule has 1 aliphatic rings. The van der Waals surface area contributed by atoms with Gasteiger partial charge in [0.25, 0.3) is 11.8 Å². The molecule has 202 valence electrons. The van der Waals surface area contributed by atoms with Gasteiger partial charge in [0.05, 0.1) is 24.0 Å². The van der Waals surface area contributed by atoms with Gasteiger partial charge in [-0.1, -0.05) is 44.9 Å². The van der Waals surface area contributed by atoms with Crippen molar-refractivity contribution in [2.45, 2.75) is 39.5 Å². The second-order valence-electron chi connectivity index (χ2n) is 9.14. The Balaban J connectivity index is 1.97. The number of nitriles is 3. The van der Waals surface area contributed by atoms with Crippen molar-refractivity contribution in [1.82, 2.24) is 4.90 Å². The number of imide groups is 1. The van der Waals surface area contributed by atoms with Gasteiger partial charge >= 0.3 is 0 Å². The molecule has 0 atom stereocenters. The lowest BCUT2D eigenvalue weighted by Crippen LogP contribution is -2.33. The van der Waals surface area contributed by atoms with E-state index in [-0.39, 0.29) is 22.4 Å². The molecule has 1 aliphatic heterocycles. The number of anilines is 1. The fourth-order valence-corrected chi connectivity index (χ4v) is 4.30. The van der Waals surface area contributed by atoms with Crippen molar-refractivity contribution in [2.75, 3.05) is 25.1 Å².